The molecule has 1 saturated carbocycles. The van der Waals surface area contributed by atoms with Crippen LogP contribution in [-0.2, 0) is 4.79 Å². The molecule has 0 saturated heterocycles. The fourth-order valence-corrected chi connectivity index (χ4v) is 2.15. The lowest BCUT2D eigenvalue weighted by molar-refractivity contribution is -0.123. The van der Waals surface area contributed by atoms with Crippen LogP contribution >= 0.6 is 11.6 Å². The molecule has 1 amide bonds. The lowest BCUT2D eigenvalue weighted by Crippen LogP contribution is -2.39. The van der Waals surface area contributed by atoms with Gasteiger partial charge in [-0.05, 0) is 49.4 Å². The third-order valence-corrected chi connectivity index (χ3v) is 3.72. The van der Waals surface area contributed by atoms with E-state index in [1.807, 2.05) is 6.92 Å². The number of ether oxygens (including phenoxy) is 1. The van der Waals surface area contributed by atoms with Crippen molar-refractivity contribution < 1.29 is 14.6 Å². The number of carbonyl (C=O) groups excluding carboxylic acids is 1. The van der Waals surface area contributed by atoms with E-state index in [2.05, 4.69) is 5.32 Å². The van der Waals surface area contributed by atoms with Gasteiger partial charge in [-0.25, -0.2) is 0 Å². The molecule has 19 heavy (non-hydrogen) atoms. The summed E-state index contributed by atoms with van der Waals surface area (Å²) in [4.78, 5) is 11.6. The van der Waals surface area contributed by atoms with Crippen LogP contribution in [0.4, 0.5) is 0 Å². The van der Waals surface area contributed by atoms with E-state index in [1.54, 1.807) is 18.2 Å². The average Bonchev–Trinajstić information content (AvgIpc) is 2.34. The van der Waals surface area contributed by atoms with Crippen LogP contribution in [0.3, 0.4) is 0 Å². The van der Waals surface area contributed by atoms with E-state index in [4.69, 9.17) is 21.4 Å². The SMILES string of the molecule is Cc1cc(OCC(=O)NCC2CC(O)C2)ccc1Cl. The first kappa shape index (κ1) is 14.2. The van der Waals surface area contributed by atoms with E-state index in [0.717, 1.165) is 18.4 Å². The number of benzene rings is 1. The molecule has 104 valence electrons. The van der Waals surface area contributed by atoms with Crippen molar-refractivity contribution in [2.24, 2.45) is 5.92 Å². The van der Waals surface area contributed by atoms with E-state index in [1.165, 1.54) is 0 Å². The molecule has 5 heteroatoms. The highest BCUT2D eigenvalue weighted by molar-refractivity contribution is 6.31. The van der Waals surface area contributed by atoms with Gasteiger partial charge < -0.3 is 15.2 Å². The van der Waals surface area contributed by atoms with Crippen molar-refractivity contribution in [1.82, 2.24) is 5.32 Å². The van der Waals surface area contributed by atoms with Crippen molar-refractivity contribution in [1.29, 1.82) is 0 Å². The molecule has 0 bridgehead atoms. The standard InChI is InChI=1S/C14H18ClNO3/c1-9-4-12(2-3-13(9)15)19-8-14(18)16-7-10-5-11(17)6-10/h2-4,10-11,17H,5-8H2,1H3,(H,16,18). The Morgan fingerprint density at radius 1 is 1.53 bits per heavy atom. The van der Waals surface area contributed by atoms with Gasteiger partial charge in [-0.3, -0.25) is 4.79 Å². The predicted molar refractivity (Wildman–Crippen MR) is 73.4 cm³/mol. The number of carbonyl (C=O) groups is 1. The van der Waals surface area contributed by atoms with E-state index >= 15 is 0 Å². The van der Waals surface area contributed by atoms with Crippen LogP contribution < -0.4 is 10.1 Å². The van der Waals surface area contributed by atoms with Crippen LogP contribution in [0.5, 0.6) is 5.75 Å². The summed E-state index contributed by atoms with van der Waals surface area (Å²) in [7, 11) is 0. The Morgan fingerprint density at radius 3 is 2.89 bits per heavy atom. The number of aliphatic hydroxyl groups excluding tert-OH is 1. The maximum absolute atomic E-state index is 11.6. The summed E-state index contributed by atoms with van der Waals surface area (Å²) in [5.41, 5.74) is 0.919. The number of hydrogen-bond acceptors (Lipinski definition) is 3. The molecule has 0 aromatic heterocycles. The summed E-state index contributed by atoms with van der Waals surface area (Å²) in [6.07, 6.45) is 1.37. The minimum atomic E-state index is -0.185. The van der Waals surface area contributed by atoms with Crippen LogP contribution in [0.25, 0.3) is 0 Å². The Labute approximate surface area is 117 Å². The summed E-state index contributed by atoms with van der Waals surface area (Å²) in [6.45, 7) is 2.49. The van der Waals surface area contributed by atoms with Gasteiger partial charge in [0, 0.05) is 11.6 Å². The highest BCUT2D eigenvalue weighted by atomic mass is 35.5. The second-order valence-electron chi connectivity index (χ2n) is 4.99. The highest BCUT2D eigenvalue weighted by Crippen LogP contribution is 2.26. The van der Waals surface area contributed by atoms with Gasteiger partial charge in [-0.2, -0.15) is 0 Å². The van der Waals surface area contributed by atoms with E-state index in [0.29, 0.717) is 23.2 Å². The zero-order valence-corrected chi connectivity index (χ0v) is 11.6. The molecule has 1 fully saturated rings. The van der Waals surface area contributed by atoms with Crippen LogP contribution in [0, 0.1) is 12.8 Å². The number of amides is 1. The Hall–Kier alpha value is -1.26. The van der Waals surface area contributed by atoms with E-state index in [-0.39, 0.29) is 18.6 Å². The Kier molecular flexibility index (Phi) is 4.66. The fourth-order valence-electron chi connectivity index (χ4n) is 2.03. The predicted octanol–water partition coefficient (Wildman–Crippen LogP) is 1.91. The summed E-state index contributed by atoms with van der Waals surface area (Å²) in [5.74, 6) is 0.891. The van der Waals surface area contributed by atoms with Crippen LogP contribution in [0.15, 0.2) is 18.2 Å². The Morgan fingerprint density at radius 2 is 2.26 bits per heavy atom. The first-order valence-electron chi connectivity index (χ1n) is 6.38. The maximum atomic E-state index is 11.6. The normalized spacial score (nSPS) is 21.6. The zero-order valence-electron chi connectivity index (χ0n) is 10.9. The lowest BCUT2D eigenvalue weighted by Gasteiger charge is -2.31. The van der Waals surface area contributed by atoms with Crippen LogP contribution in [0.2, 0.25) is 5.02 Å². The molecule has 1 aromatic carbocycles. The minimum Gasteiger partial charge on any atom is -0.484 e. The summed E-state index contributed by atoms with van der Waals surface area (Å²) >= 11 is 5.91. The molecule has 4 nitrogen and oxygen atoms in total. The summed E-state index contributed by atoms with van der Waals surface area (Å²) in [6, 6.07) is 5.29. The second kappa shape index (κ2) is 6.26. The molecule has 0 radical (unpaired) electrons. The van der Waals surface area contributed by atoms with E-state index in [9.17, 15) is 4.79 Å². The topological polar surface area (TPSA) is 58.6 Å². The highest BCUT2D eigenvalue weighted by Gasteiger charge is 2.27. The van der Waals surface area contributed by atoms with Crippen molar-refractivity contribution in [3.05, 3.63) is 28.8 Å². The van der Waals surface area contributed by atoms with Gasteiger partial charge in [0.15, 0.2) is 6.61 Å². The smallest absolute Gasteiger partial charge is 0.257 e. The van der Waals surface area contributed by atoms with Crippen LogP contribution in [0.1, 0.15) is 18.4 Å². The number of nitrogens with one attached hydrogen (secondary N) is 1. The molecule has 1 aliphatic carbocycles. The number of hydrogen-bond donors (Lipinski definition) is 2. The molecule has 0 aliphatic heterocycles. The minimum absolute atomic E-state index is 0.00363. The number of rotatable bonds is 5. The molecule has 1 aliphatic rings. The summed E-state index contributed by atoms with van der Waals surface area (Å²) < 4.78 is 5.39. The Balaban J connectivity index is 1.69. The largest absolute Gasteiger partial charge is 0.484 e. The molecular weight excluding hydrogens is 266 g/mol. The second-order valence-corrected chi connectivity index (χ2v) is 5.40. The first-order chi connectivity index (χ1) is 9.04. The van der Waals surface area contributed by atoms with Gasteiger partial charge in [0.1, 0.15) is 5.75 Å². The van der Waals surface area contributed by atoms with Crippen LogP contribution in [-0.4, -0.2) is 30.3 Å². The summed E-state index contributed by atoms with van der Waals surface area (Å²) in [5, 5.41) is 12.6. The average molecular weight is 284 g/mol. The maximum Gasteiger partial charge on any atom is 0.257 e. The quantitative estimate of drug-likeness (QED) is 0.868. The first-order valence-corrected chi connectivity index (χ1v) is 6.76. The van der Waals surface area contributed by atoms with Gasteiger partial charge in [0.05, 0.1) is 6.10 Å². The number of aryl methyl sites for hydroxylation is 1. The third kappa shape index (κ3) is 4.11. The van der Waals surface area contributed by atoms with E-state index < -0.39 is 0 Å². The molecule has 0 unspecified atom stereocenters. The molecule has 0 atom stereocenters. The molecule has 0 heterocycles. The van der Waals surface area contributed by atoms with Crippen molar-refractivity contribution in [3.8, 4) is 5.75 Å². The molecule has 2 rings (SSSR count). The van der Waals surface area contributed by atoms with Crippen molar-refractivity contribution in [3.63, 3.8) is 0 Å². The monoisotopic (exact) mass is 283 g/mol. The fraction of sp³-hybridized carbons (Fsp3) is 0.500. The Bertz CT molecular complexity index is 458. The lowest BCUT2D eigenvalue weighted by atomic mass is 9.82. The molecule has 0 spiro atoms. The van der Waals surface area contributed by atoms with Crippen molar-refractivity contribution >= 4 is 17.5 Å². The van der Waals surface area contributed by atoms with Gasteiger partial charge >= 0.3 is 0 Å². The molecular formula is C14H18ClNO3. The molecule has 1 aromatic rings. The third-order valence-electron chi connectivity index (χ3n) is 3.30. The number of halogens is 1. The van der Waals surface area contributed by atoms with Gasteiger partial charge in [-0.15, -0.1) is 0 Å². The zero-order chi connectivity index (χ0) is 13.8. The molecule has 2 N–H and O–H groups in total. The van der Waals surface area contributed by atoms with Crippen molar-refractivity contribution in [2.45, 2.75) is 25.9 Å². The van der Waals surface area contributed by atoms with Gasteiger partial charge in [0.2, 0.25) is 0 Å². The van der Waals surface area contributed by atoms with Gasteiger partial charge in [-0.1, -0.05) is 11.6 Å². The van der Waals surface area contributed by atoms with Crippen molar-refractivity contribution in [2.75, 3.05) is 13.2 Å². The van der Waals surface area contributed by atoms with Gasteiger partial charge in [0.25, 0.3) is 5.91 Å². The number of aliphatic hydroxyl groups is 1.